The highest BCUT2D eigenvalue weighted by atomic mass is 16.4. The molecule has 0 bridgehead atoms. The monoisotopic (exact) mass is 188 g/mol. The molecule has 1 heterocycles. The van der Waals surface area contributed by atoms with Crippen molar-refractivity contribution < 1.29 is 4.42 Å². The fourth-order valence-electron chi connectivity index (χ4n) is 1.37. The molecule has 0 radical (unpaired) electrons. The van der Waals surface area contributed by atoms with Gasteiger partial charge in [0.2, 0.25) is 0 Å². The van der Waals surface area contributed by atoms with E-state index in [1.807, 2.05) is 37.3 Å². The summed E-state index contributed by atoms with van der Waals surface area (Å²) < 4.78 is 5.40. The molecule has 0 atom stereocenters. The van der Waals surface area contributed by atoms with Crippen molar-refractivity contribution in [2.45, 2.75) is 6.92 Å². The number of hydrogen-bond donors (Lipinski definition) is 1. The van der Waals surface area contributed by atoms with Gasteiger partial charge in [0.1, 0.15) is 11.5 Å². The second-order valence-corrected chi connectivity index (χ2v) is 3.04. The Morgan fingerprint density at radius 2 is 1.93 bits per heavy atom. The molecule has 1 aromatic heterocycles. The molecule has 0 aliphatic carbocycles. The summed E-state index contributed by atoms with van der Waals surface area (Å²) in [4.78, 5) is 4.32. The van der Waals surface area contributed by atoms with E-state index in [0.717, 1.165) is 17.0 Å². The van der Waals surface area contributed by atoms with E-state index in [9.17, 15) is 0 Å². The zero-order valence-electron chi connectivity index (χ0n) is 8.24. The third-order valence-electron chi connectivity index (χ3n) is 2.06. The molecule has 1 N–H and O–H groups in total. The highest BCUT2D eigenvalue weighted by Crippen LogP contribution is 2.24. The molecule has 72 valence electrons. The number of oxazole rings is 1. The molecule has 0 amide bonds. The Morgan fingerprint density at radius 1 is 1.21 bits per heavy atom. The third kappa shape index (κ3) is 1.48. The van der Waals surface area contributed by atoms with Crippen LogP contribution in [0.4, 0.5) is 6.01 Å². The van der Waals surface area contributed by atoms with E-state index < -0.39 is 0 Å². The second kappa shape index (κ2) is 3.54. The summed E-state index contributed by atoms with van der Waals surface area (Å²) in [5.74, 6) is 0.834. The minimum absolute atomic E-state index is 0.557. The number of anilines is 1. The fourth-order valence-corrected chi connectivity index (χ4v) is 1.37. The summed E-state index contributed by atoms with van der Waals surface area (Å²) in [5.41, 5.74) is 1.98. The first-order valence-corrected chi connectivity index (χ1v) is 4.52. The van der Waals surface area contributed by atoms with Gasteiger partial charge in [0.15, 0.2) is 0 Å². The highest BCUT2D eigenvalue weighted by molar-refractivity contribution is 5.62. The molecule has 0 saturated carbocycles. The molecule has 3 nitrogen and oxygen atoms in total. The molecule has 1 aromatic carbocycles. The van der Waals surface area contributed by atoms with E-state index in [1.54, 1.807) is 7.05 Å². The largest absolute Gasteiger partial charge is 0.428 e. The van der Waals surface area contributed by atoms with Crippen LogP contribution in [-0.4, -0.2) is 12.0 Å². The predicted molar refractivity (Wildman–Crippen MR) is 56.2 cm³/mol. The lowest BCUT2D eigenvalue weighted by Crippen LogP contribution is -1.86. The van der Waals surface area contributed by atoms with Crippen molar-refractivity contribution in [1.82, 2.24) is 4.98 Å². The van der Waals surface area contributed by atoms with Crippen molar-refractivity contribution in [3.8, 4) is 11.3 Å². The number of aryl methyl sites for hydroxylation is 1. The van der Waals surface area contributed by atoms with Gasteiger partial charge in [-0.05, 0) is 6.92 Å². The molecule has 0 saturated heterocycles. The Kier molecular flexibility index (Phi) is 2.23. The van der Waals surface area contributed by atoms with Crippen molar-refractivity contribution in [2.24, 2.45) is 0 Å². The zero-order chi connectivity index (χ0) is 9.97. The van der Waals surface area contributed by atoms with Crippen molar-refractivity contribution in [3.05, 3.63) is 36.1 Å². The molecule has 0 aliphatic rings. The first kappa shape index (κ1) is 8.81. The van der Waals surface area contributed by atoms with Crippen LogP contribution in [-0.2, 0) is 0 Å². The average Bonchev–Trinajstić information content (AvgIpc) is 2.61. The summed E-state index contributed by atoms with van der Waals surface area (Å²) in [7, 11) is 1.79. The van der Waals surface area contributed by atoms with E-state index in [2.05, 4.69) is 10.3 Å². The summed E-state index contributed by atoms with van der Waals surface area (Å²) >= 11 is 0. The first-order chi connectivity index (χ1) is 6.81. The maximum atomic E-state index is 5.40. The number of nitrogens with one attached hydrogen (secondary N) is 1. The number of hydrogen-bond acceptors (Lipinski definition) is 3. The Bertz CT molecular complexity index is 420. The standard InChI is InChI=1S/C11H12N2O/c1-8-10(13-11(12-2)14-8)9-6-4-3-5-7-9/h3-7H,1-2H3,(H,12,13). The van der Waals surface area contributed by atoms with Gasteiger partial charge in [-0.3, -0.25) is 0 Å². The van der Waals surface area contributed by atoms with Gasteiger partial charge in [-0.2, -0.15) is 4.98 Å². The van der Waals surface area contributed by atoms with Gasteiger partial charge in [0.25, 0.3) is 6.01 Å². The minimum atomic E-state index is 0.557. The van der Waals surface area contributed by atoms with Gasteiger partial charge in [0.05, 0.1) is 0 Å². The molecule has 14 heavy (non-hydrogen) atoms. The van der Waals surface area contributed by atoms with Crippen LogP contribution in [0.1, 0.15) is 5.76 Å². The van der Waals surface area contributed by atoms with Gasteiger partial charge >= 0.3 is 0 Å². The lowest BCUT2D eigenvalue weighted by Gasteiger charge is -1.94. The minimum Gasteiger partial charge on any atom is -0.428 e. The maximum absolute atomic E-state index is 5.40. The van der Waals surface area contributed by atoms with E-state index in [-0.39, 0.29) is 0 Å². The smallest absolute Gasteiger partial charge is 0.295 e. The van der Waals surface area contributed by atoms with Crippen LogP contribution in [0.3, 0.4) is 0 Å². The van der Waals surface area contributed by atoms with Gasteiger partial charge in [-0.25, -0.2) is 0 Å². The predicted octanol–water partition coefficient (Wildman–Crippen LogP) is 2.69. The van der Waals surface area contributed by atoms with E-state index in [0.29, 0.717) is 6.01 Å². The number of aromatic nitrogens is 1. The van der Waals surface area contributed by atoms with Crippen molar-refractivity contribution in [3.63, 3.8) is 0 Å². The summed E-state index contributed by atoms with van der Waals surface area (Å²) in [6.07, 6.45) is 0. The number of benzene rings is 1. The molecule has 0 spiro atoms. The topological polar surface area (TPSA) is 38.1 Å². The first-order valence-electron chi connectivity index (χ1n) is 4.52. The quantitative estimate of drug-likeness (QED) is 0.787. The van der Waals surface area contributed by atoms with Crippen LogP contribution in [0.5, 0.6) is 0 Å². The van der Waals surface area contributed by atoms with Gasteiger partial charge in [-0.15, -0.1) is 0 Å². The fraction of sp³-hybridized carbons (Fsp3) is 0.182. The van der Waals surface area contributed by atoms with Crippen LogP contribution < -0.4 is 5.32 Å². The van der Waals surface area contributed by atoms with Crippen LogP contribution >= 0.6 is 0 Å². The zero-order valence-corrected chi connectivity index (χ0v) is 8.24. The van der Waals surface area contributed by atoms with Crippen LogP contribution in [0.15, 0.2) is 34.7 Å². The molecular weight excluding hydrogens is 176 g/mol. The molecule has 0 unspecified atom stereocenters. The molecule has 0 aliphatic heterocycles. The van der Waals surface area contributed by atoms with E-state index in [1.165, 1.54) is 0 Å². The maximum Gasteiger partial charge on any atom is 0.295 e. The highest BCUT2D eigenvalue weighted by Gasteiger charge is 2.09. The van der Waals surface area contributed by atoms with Crippen molar-refractivity contribution >= 4 is 6.01 Å². The SMILES string of the molecule is CNc1nc(-c2ccccc2)c(C)o1. The van der Waals surface area contributed by atoms with Crippen LogP contribution in [0.25, 0.3) is 11.3 Å². The van der Waals surface area contributed by atoms with Crippen molar-refractivity contribution in [2.75, 3.05) is 12.4 Å². The van der Waals surface area contributed by atoms with Crippen LogP contribution in [0.2, 0.25) is 0 Å². The number of rotatable bonds is 2. The Labute approximate surface area is 82.8 Å². The Balaban J connectivity index is 2.46. The normalized spacial score (nSPS) is 10.1. The molecule has 2 rings (SSSR count). The summed E-state index contributed by atoms with van der Waals surface area (Å²) in [5, 5.41) is 2.88. The lowest BCUT2D eigenvalue weighted by molar-refractivity contribution is 0.544. The van der Waals surface area contributed by atoms with E-state index >= 15 is 0 Å². The molecular formula is C11H12N2O. The average molecular weight is 188 g/mol. The lowest BCUT2D eigenvalue weighted by atomic mass is 10.1. The Hall–Kier alpha value is -1.77. The van der Waals surface area contributed by atoms with Gasteiger partial charge in [0, 0.05) is 12.6 Å². The molecule has 0 fully saturated rings. The molecule has 3 heteroatoms. The van der Waals surface area contributed by atoms with E-state index in [4.69, 9.17) is 4.42 Å². The third-order valence-corrected chi connectivity index (χ3v) is 2.06. The van der Waals surface area contributed by atoms with Gasteiger partial charge in [-0.1, -0.05) is 30.3 Å². The summed E-state index contributed by atoms with van der Waals surface area (Å²) in [6.45, 7) is 1.91. The van der Waals surface area contributed by atoms with Crippen molar-refractivity contribution in [1.29, 1.82) is 0 Å². The van der Waals surface area contributed by atoms with Gasteiger partial charge < -0.3 is 9.73 Å². The van der Waals surface area contributed by atoms with Crippen LogP contribution in [0, 0.1) is 6.92 Å². The molecule has 2 aromatic rings. The Morgan fingerprint density at radius 3 is 2.50 bits per heavy atom. The summed E-state index contributed by atoms with van der Waals surface area (Å²) in [6, 6.07) is 10.6. The number of nitrogens with zero attached hydrogens (tertiary/aromatic N) is 1. The second-order valence-electron chi connectivity index (χ2n) is 3.04.